The van der Waals surface area contributed by atoms with Crippen molar-refractivity contribution in [2.75, 3.05) is 5.32 Å². The van der Waals surface area contributed by atoms with Crippen molar-refractivity contribution < 1.29 is 14.1 Å². The van der Waals surface area contributed by atoms with Gasteiger partial charge in [-0.3, -0.25) is 14.9 Å². The molecule has 4 aromatic rings. The number of oxazole rings is 1. The Morgan fingerprint density at radius 1 is 1.03 bits per heavy atom. The summed E-state index contributed by atoms with van der Waals surface area (Å²) < 4.78 is 5.90. The number of nitro groups is 1. The molecule has 1 heterocycles. The van der Waals surface area contributed by atoms with Crippen LogP contribution in [0.1, 0.15) is 40.9 Å². The van der Waals surface area contributed by atoms with E-state index in [1.165, 1.54) is 18.2 Å². The smallest absolute Gasteiger partial charge is 0.269 e. The van der Waals surface area contributed by atoms with Crippen LogP contribution in [0, 0.1) is 30.9 Å². The zero-order valence-electron chi connectivity index (χ0n) is 18.7. The normalized spacial score (nSPS) is 10.4. The number of aromatic nitrogens is 1. The predicted molar refractivity (Wildman–Crippen MR) is 126 cm³/mol. The molecule has 0 saturated carbocycles. The number of aryl methyl sites for hydroxylation is 2. The number of fused-ring (bicyclic) bond motifs is 1. The molecule has 1 N–H and O–H groups in total. The van der Waals surface area contributed by atoms with E-state index in [4.69, 9.17) is 4.42 Å². The molecule has 164 valence electrons. The Bertz CT molecular complexity index is 1310. The lowest BCUT2D eigenvalue weighted by atomic mass is 10.0. The lowest BCUT2D eigenvalue weighted by molar-refractivity contribution is -0.384. The van der Waals surface area contributed by atoms with Gasteiger partial charge in [-0.05, 0) is 67.8 Å². The minimum Gasteiger partial charge on any atom is -0.436 e. The molecular weight excluding hydrogens is 406 g/mol. The second kappa shape index (κ2) is 9.43. The molecule has 4 rings (SSSR count). The molecule has 0 bridgehead atoms. The van der Waals surface area contributed by atoms with Gasteiger partial charge in [-0.1, -0.05) is 26.0 Å². The number of amides is 1. The Morgan fingerprint density at radius 3 is 2.47 bits per heavy atom. The number of anilines is 1. The molecule has 0 aliphatic heterocycles. The highest BCUT2D eigenvalue weighted by Crippen LogP contribution is 2.31. The third-order valence-electron chi connectivity index (χ3n) is 5.02. The van der Waals surface area contributed by atoms with Crippen LogP contribution in [-0.4, -0.2) is 15.8 Å². The second-order valence-corrected chi connectivity index (χ2v) is 7.18. The van der Waals surface area contributed by atoms with Crippen molar-refractivity contribution in [1.82, 2.24) is 4.98 Å². The largest absolute Gasteiger partial charge is 0.436 e. The fourth-order valence-electron chi connectivity index (χ4n) is 3.36. The maximum Gasteiger partial charge on any atom is 0.269 e. The summed E-state index contributed by atoms with van der Waals surface area (Å²) in [6.07, 6.45) is 0. The third-order valence-corrected chi connectivity index (χ3v) is 5.02. The molecule has 1 amide bonds. The van der Waals surface area contributed by atoms with Crippen LogP contribution in [0.2, 0.25) is 0 Å². The van der Waals surface area contributed by atoms with Crippen LogP contribution in [0.25, 0.3) is 22.6 Å². The quantitative estimate of drug-likeness (QED) is 0.290. The molecule has 3 aromatic carbocycles. The molecule has 0 aliphatic rings. The first-order valence-electron chi connectivity index (χ1n) is 10.4. The van der Waals surface area contributed by atoms with Gasteiger partial charge >= 0.3 is 0 Å². The molecule has 0 unspecified atom stereocenters. The van der Waals surface area contributed by atoms with Crippen molar-refractivity contribution in [2.24, 2.45) is 0 Å². The zero-order valence-corrected chi connectivity index (χ0v) is 18.7. The van der Waals surface area contributed by atoms with Crippen LogP contribution in [0.3, 0.4) is 0 Å². The summed E-state index contributed by atoms with van der Waals surface area (Å²) in [5.74, 6) is 0.145. The van der Waals surface area contributed by atoms with Crippen LogP contribution < -0.4 is 5.32 Å². The summed E-state index contributed by atoms with van der Waals surface area (Å²) in [4.78, 5) is 27.8. The van der Waals surface area contributed by atoms with Crippen molar-refractivity contribution in [3.8, 4) is 11.5 Å². The van der Waals surface area contributed by atoms with Crippen LogP contribution in [-0.2, 0) is 0 Å². The van der Waals surface area contributed by atoms with E-state index in [1.807, 2.05) is 58.0 Å². The van der Waals surface area contributed by atoms with Gasteiger partial charge < -0.3 is 9.73 Å². The summed E-state index contributed by atoms with van der Waals surface area (Å²) in [5.41, 5.74) is 5.65. The predicted octanol–water partition coefficient (Wildman–Crippen LogP) is 6.61. The highest BCUT2D eigenvalue weighted by Gasteiger charge is 2.17. The molecule has 7 heteroatoms. The average molecular weight is 431 g/mol. The van der Waals surface area contributed by atoms with Gasteiger partial charge in [0.1, 0.15) is 5.52 Å². The number of non-ortho nitro benzene ring substituents is 1. The Kier molecular flexibility index (Phi) is 6.68. The molecule has 0 radical (unpaired) electrons. The van der Waals surface area contributed by atoms with Gasteiger partial charge in [0.15, 0.2) is 5.58 Å². The van der Waals surface area contributed by atoms with Crippen LogP contribution >= 0.6 is 0 Å². The molecule has 1 aromatic heterocycles. The van der Waals surface area contributed by atoms with E-state index < -0.39 is 4.92 Å². The first-order chi connectivity index (χ1) is 15.3. The Morgan fingerprint density at radius 2 is 1.78 bits per heavy atom. The maximum absolute atomic E-state index is 12.8. The number of rotatable bonds is 4. The summed E-state index contributed by atoms with van der Waals surface area (Å²) in [7, 11) is 0. The van der Waals surface area contributed by atoms with E-state index in [1.54, 1.807) is 13.0 Å². The van der Waals surface area contributed by atoms with Crippen molar-refractivity contribution in [1.29, 1.82) is 0 Å². The van der Waals surface area contributed by atoms with Gasteiger partial charge in [0.05, 0.1) is 4.92 Å². The van der Waals surface area contributed by atoms with Gasteiger partial charge in [-0.25, -0.2) is 4.98 Å². The Balaban J connectivity index is 0.00000141. The van der Waals surface area contributed by atoms with Gasteiger partial charge in [-0.15, -0.1) is 0 Å². The Hall–Kier alpha value is -4.00. The number of carbonyl (C=O) groups excluding carboxylic acids is 1. The summed E-state index contributed by atoms with van der Waals surface area (Å²) in [6.45, 7) is 9.55. The molecule has 0 fully saturated rings. The van der Waals surface area contributed by atoms with E-state index in [0.717, 1.165) is 22.2 Å². The zero-order chi connectivity index (χ0) is 23.4. The first kappa shape index (κ1) is 22.7. The van der Waals surface area contributed by atoms with Gasteiger partial charge in [0, 0.05) is 28.9 Å². The van der Waals surface area contributed by atoms with Gasteiger partial charge in [0.2, 0.25) is 5.89 Å². The van der Waals surface area contributed by atoms with Crippen molar-refractivity contribution >= 4 is 28.4 Å². The number of nitrogens with one attached hydrogen (secondary N) is 1. The molecule has 0 atom stereocenters. The highest BCUT2D eigenvalue weighted by molar-refractivity contribution is 6.06. The number of carbonyl (C=O) groups is 1. The molecule has 0 aliphatic carbocycles. The second-order valence-electron chi connectivity index (χ2n) is 7.18. The number of nitro benzene ring substituents is 1. The topological polar surface area (TPSA) is 98.3 Å². The van der Waals surface area contributed by atoms with Gasteiger partial charge in [-0.2, -0.15) is 0 Å². The van der Waals surface area contributed by atoms with Crippen molar-refractivity contribution in [3.05, 3.63) is 87.0 Å². The first-order valence-corrected chi connectivity index (χ1v) is 10.4. The highest BCUT2D eigenvalue weighted by atomic mass is 16.6. The third kappa shape index (κ3) is 4.51. The Labute approximate surface area is 186 Å². The average Bonchev–Trinajstić information content (AvgIpc) is 3.19. The maximum atomic E-state index is 12.8. The van der Waals surface area contributed by atoms with E-state index in [-0.39, 0.29) is 11.6 Å². The minimum absolute atomic E-state index is 0.0478. The number of hydrogen-bond donors (Lipinski definition) is 1. The van der Waals surface area contributed by atoms with E-state index in [2.05, 4.69) is 10.3 Å². The molecule has 0 spiro atoms. The summed E-state index contributed by atoms with van der Waals surface area (Å²) in [5, 5.41) is 13.8. The number of nitrogens with zero attached hydrogens (tertiary/aromatic N) is 2. The summed E-state index contributed by atoms with van der Waals surface area (Å²) in [6, 6.07) is 15.5. The van der Waals surface area contributed by atoms with Gasteiger partial charge in [0.25, 0.3) is 11.6 Å². The lowest BCUT2D eigenvalue weighted by Gasteiger charge is -2.12. The summed E-state index contributed by atoms with van der Waals surface area (Å²) >= 11 is 0. The van der Waals surface area contributed by atoms with E-state index in [9.17, 15) is 14.9 Å². The van der Waals surface area contributed by atoms with Crippen molar-refractivity contribution in [3.63, 3.8) is 0 Å². The van der Waals surface area contributed by atoms with Crippen molar-refractivity contribution in [2.45, 2.75) is 34.6 Å². The fraction of sp³-hybridized carbons (Fsp3) is 0.200. The number of hydrogen-bond acceptors (Lipinski definition) is 5. The molecule has 0 saturated heterocycles. The van der Waals surface area contributed by atoms with Crippen LogP contribution in [0.4, 0.5) is 11.4 Å². The molecular formula is C25H25N3O4. The molecule has 7 nitrogen and oxygen atoms in total. The van der Waals surface area contributed by atoms with Crippen LogP contribution in [0.5, 0.6) is 0 Å². The fourth-order valence-corrected chi connectivity index (χ4v) is 3.36. The standard InChI is InChI=1S/C23H19N3O4.C2H6/c1-13-7-10-21-20(11-13)25-23(30-21)18-5-4-6-19(15(18)3)24-22(27)17-9-8-16(26(28)29)12-14(17)2;1-2/h4-12H,1-3H3,(H,24,27);1-2H3. The lowest BCUT2D eigenvalue weighted by Crippen LogP contribution is -2.14. The minimum atomic E-state index is -0.482. The van der Waals surface area contributed by atoms with Crippen LogP contribution in [0.15, 0.2) is 59.0 Å². The SMILES string of the molecule is CC.Cc1ccc2oc(-c3cccc(NC(=O)c4ccc([N+](=O)[O-])cc4C)c3C)nc2c1. The number of benzene rings is 3. The van der Waals surface area contributed by atoms with E-state index in [0.29, 0.717) is 28.3 Å². The van der Waals surface area contributed by atoms with E-state index >= 15 is 0 Å². The monoisotopic (exact) mass is 431 g/mol. The molecule has 32 heavy (non-hydrogen) atoms.